The molecule has 1 heterocycles. The van der Waals surface area contributed by atoms with Crippen LogP contribution in [0.1, 0.15) is 18.4 Å². The Morgan fingerprint density at radius 3 is 2.82 bits per heavy atom. The number of ether oxygens (including phenoxy) is 2. The predicted octanol–water partition coefficient (Wildman–Crippen LogP) is 1.59. The van der Waals surface area contributed by atoms with Crippen molar-refractivity contribution in [3.8, 4) is 6.07 Å². The Balaban J connectivity index is 1.95. The number of aliphatic hydroxyl groups excluding tert-OH is 1. The van der Waals surface area contributed by atoms with Crippen molar-refractivity contribution in [2.45, 2.75) is 31.3 Å². The first-order valence-electron chi connectivity index (χ1n) is 5.66. The van der Waals surface area contributed by atoms with E-state index >= 15 is 0 Å². The standard InChI is InChI=1S/C13H15NO3/c14-10-13(7-6-12(8-15)17-13)16-9-11-4-2-1-3-5-11/h1-5,12,15H,6-9H2. The highest BCUT2D eigenvalue weighted by atomic mass is 16.7. The van der Waals surface area contributed by atoms with Gasteiger partial charge in [-0.15, -0.1) is 0 Å². The van der Waals surface area contributed by atoms with Crippen LogP contribution in [0.5, 0.6) is 0 Å². The van der Waals surface area contributed by atoms with Crippen LogP contribution in [0.2, 0.25) is 0 Å². The molecule has 4 heteroatoms. The van der Waals surface area contributed by atoms with E-state index in [9.17, 15) is 0 Å². The molecule has 1 N–H and O–H groups in total. The summed E-state index contributed by atoms with van der Waals surface area (Å²) in [4.78, 5) is 0. The zero-order valence-electron chi connectivity index (χ0n) is 9.50. The van der Waals surface area contributed by atoms with Crippen LogP contribution in [0.4, 0.5) is 0 Å². The van der Waals surface area contributed by atoms with Gasteiger partial charge in [0.25, 0.3) is 5.79 Å². The number of nitrogens with zero attached hydrogens (tertiary/aromatic N) is 1. The summed E-state index contributed by atoms with van der Waals surface area (Å²) in [5.74, 6) is -1.19. The van der Waals surface area contributed by atoms with Crippen LogP contribution >= 0.6 is 0 Å². The fraction of sp³-hybridized carbons (Fsp3) is 0.462. The summed E-state index contributed by atoms with van der Waals surface area (Å²) < 4.78 is 11.0. The zero-order valence-corrected chi connectivity index (χ0v) is 9.50. The number of hydrogen-bond acceptors (Lipinski definition) is 4. The van der Waals surface area contributed by atoms with E-state index in [0.29, 0.717) is 19.4 Å². The summed E-state index contributed by atoms with van der Waals surface area (Å²) in [6, 6.07) is 11.7. The molecule has 1 fully saturated rings. The molecule has 1 aliphatic heterocycles. The van der Waals surface area contributed by atoms with Crippen molar-refractivity contribution in [3.05, 3.63) is 35.9 Å². The quantitative estimate of drug-likeness (QED) is 0.857. The minimum Gasteiger partial charge on any atom is -0.394 e. The van der Waals surface area contributed by atoms with Crippen molar-refractivity contribution >= 4 is 0 Å². The highest BCUT2D eigenvalue weighted by molar-refractivity contribution is 5.14. The van der Waals surface area contributed by atoms with Gasteiger partial charge in [-0.3, -0.25) is 0 Å². The van der Waals surface area contributed by atoms with Crippen molar-refractivity contribution < 1.29 is 14.6 Å². The lowest BCUT2D eigenvalue weighted by molar-refractivity contribution is -0.199. The van der Waals surface area contributed by atoms with E-state index in [1.807, 2.05) is 30.3 Å². The third kappa shape index (κ3) is 2.83. The lowest BCUT2D eigenvalue weighted by Gasteiger charge is -2.21. The topological polar surface area (TPSA) is 62.5 Å². The molecule has 0 bridgehead atoms. The molecule has 1 aromatic rings. The third-order valence-corrected chi connectivity index (χ3v) is 2.84. The van der Waals surface area contributed by atoms with Gasteiger partial charge in [0, 0.05) is 6.42 Å². The Hall–Kier alpha value is -1.41. The first-order chi connectivity index (χ1) is 8.28. The van der Waals surface area contributed by atoms with E-state index < -0.39 is 5.79 Å². The highest BCUT2D eigenvalue weighted by Gasteiger charge is 2.41. The average Bonchev–Trinajstić information content (AvgIpc) is 2.82. The van der Waals surface area contributed by atoms with Gasteiger partial charge in [-0.1, -0.05) is 30.3 Å². The first-order valence-corrected chi connectivity index (χ1v) is 5.66. The number of rotatable bonds is 4. The van der Waals surface area contributed by atoms with Crippen LogP contribution in [0.3, 0.4) is 0 Å². The lowest BCUT2D eigenvalue weighted by Crippen LogP contribution is -2.31. The van der Waals surface area contributed by atoms with Crippen LogP contribution in [0.15, 0.2) is 30.3 Å². The maximum Gasteiger partial charge on any atom is 0.260 e. The molecule has 0 aliphatic carbocycles. The Bertz CT molecular complexity index is 401. The van der Waals surface area contributed by atoms with Gasteiger partial charge in [0.05, 0.1) is 19.3 Å². The van der Waals surface area contributed by atoms with E-state index in [1.54, 1.807) is 0 Å². The molecule has 0 saturated carbocycles. The van der Waals surface area contributed by atoms with E-state index in [0.717, 1.165) is 5.56 Å². The van der Waals surface area contributed by atoms with Crippen LogP contribution in [0.25, 0.3) is 0 Å². The van der Waals surface area contributed by atoms with Crippen molar-refractivity contribution in [1.29, 1.82) is 5.26 Å². The van der Waals surface area contributed by atoms with Gasteiger partial charge in [0.1, 0.15) is 6.07 Å². The Morgan fingerprint density at radius 2 is 2.24 bits per heavy atom. The third-order valence-electron chi connectivity index (χ3n) is 2.84. The summed E-state index contributed by atoms with van der Waals surface area (Å²) in [6.45, 7) is 0.269. The second kappa shape index (κ2) is 5.28. The largest absolute Gasteiger partial charge is 0.394 e. The maximum absolute atomic E-state index is 9.13. The van der Waals surface area contributed by atoms with E-state index in [1.165, 1.54) is 0 Å². The minimum atomic E-state index is -1.19. The van der Waals surface area contributed by atoms with E-state index in [2.05, 4.69) is 6.07 Å². The summed E-state index contributed by atoms with van der Waals surface area (Å²) in [5.41, 5.74) is 0.998. The first kappa shape index (κ1) is 12.1. The molecular weight excluding hydrogens is 218 g/mol. The fourth-order valence-corrected chi connectivity index (χ4v) is 1.86. The molecule has 2 rings (SSSR count). The number of aliphatic hydroxyl groups is 1. The number of benzene rings is 1. The number of nitriles is 1. The molecule has 0 radical (unpaired) electrons. The molecule has 17 heavy (non-hydrogen) atoms. The molecule has 2 unspecified atom stereocenters. The Morgan fingerprint density at radius 1 is 1.47 bits per heavy atom. The normalized spacial score (nSPS) is 27.9. The summed E-state index contributed by atoms with van der Waals surface area (Å²) in [5, 5.41) is 18.1. The van der Waals surface area contributed by atoms with Crippen LogP contribution < -0.4 is 0 Å². The number of hydrogen-bond donors (Lipinski definition) is 1. The average molecular weight is 233 g/mol. The predicted molar refractivity (Wildman–Crippen MR) is 60.8 cm³/mol. The van der Waals surface area contributed by atoms with Crippen LogP contribution in [-0.4, -0.2) is 23.6 Å². The molecule has 0 spiro atoms. The van der Waals surface area contributed by atoms with Gasteiger partial charge in [-0.25, -0.2) is 0 Å². The van der Waals surface area contributed by atoms with Crippen molar-refractivity contribution in [1.82, 2.24) is 0 Å². The second-order valence-corrected chi connectivity index (χ2v) is 4.10. The van der Waals surface area contributed by atoms with Gasteiger partial charge >= 0.3 is 0 Å². The summed E-state index contributed by atoms with van der Waals surface area (Å²) in [6.07, 6.45) is 0.867. The van der Waals surface area contributed by atoms with Crippen LogP contribution in [-0.2, 0) is 16.1 Å². The Labute approximate surface area is 100 Å². The van der Waals surface area contributed by atoms with Gasteiger partial charge in [-0.2, -0.15) is 5.26 Å². The van der Waals surface area contributed by atoms with E-state index in [4.69, 9.17) is 19.8 Å². The molecule has 4 nitrogen and oxygen atoms in total. The Kier molecular flexibility index (Phi) is 3.75. The van der Waals surface area contributed by atoms with Gasteiger partial charge in [0.15, 0.2) is 0 Å². The molecule has 0 aromatic heterocycles. The molecule has 0 amide bonds. The smallest absolute Gasteiger partial charge is 0.260 e. The molecule has 1 aromatic carbocycles. The molecule has 1 saturated heterocycles. The van der Waals surface area contributed by atoms with Crippen molar-refractivity contribution in [3.63, 3.8) is 0 Å². The SMILES string of the molecule is N#CC1(OCc2ccccc2)CCC(CO)O1. The molecule has 90 valence electrons. The fourth-order valence-electron chi connectivity index (χ4n) is 1.86. The van der Waals surface area contributed by atoms with Crippen molar-refractivity contribution in [2.75, 3.05) is 6.61 Å². The van der Waals surface area contributed by atoms with Crippen LogP contribution in [0, 0.1) is 11.3 Å². The monoisotopic (exact) mass is 233 g/mol. The zero-order chi connectivity index (χ0) is 12.1. The van der Waals surface area contributed by atoms with Gasteiger partial charge in [-0.05, 0) is 12.0 Å². The lowest BCUT2D eigenvalue weighted by atomic mass is 10.1. The van der Waals surface area contributed by atoms with Gasteiger partial charge in [0.2, 0.25) is 0 Å². The minimum absolute atomic E-state index is 0.0713. The molecular formula is C13H15NO3. The second-order valence-electron chi connectivity index (χ2n) is 4.10. The van der Waals surface area contributed by atoms with Gasteiger partial charge < -0.3 is 14.6 Å². The molecule has 2 atom stereocenters. The summed E-state index contributed by atoms with van der Waals surface area (Å²) >= 11 is 0. The summed E-state index contributed by atoms with van der Waals surface area (Å²) in [7, 11) is 0. The van der Waals surface area contributed by atoms with Crippen molar-refractivity contribution in [2.24, 2.45) is 0 Å². The van der Waals surface area contributed by atoms with E-state index in [-0.39, 0.29) is 12.7 Å². The molecule has 1 aliphatic rings. The highest BCUT2D eigenvalue weighted by Crippen LogP contribution is 2.31. The maximum atomic E-state index is 9.13.